The molecule has 1 aliphatic rings. The summed E-state index contributed by atoms with van der Waals surface area (Å²) in [6.45, 7) is 7.95. The molecule has 2 unspecified atom stereocenters. The summed E-state index contributed by atoms with van der Waals surface area (Å²) in [5, 5.41) is 0. The van der Waals surface area contributed by atoms with E-state index in [4.69, 9.17) is 5.73 Å². The first-order chi connectivity index (χ1) is 7.51. The SMILES string of the molecule is CCCC(C)(N)C(=O)N1CCCC(CC)C1. The summed E-state index contributed by atoms with van der Waals surface area (Å²) in [6.07, 6.45) is 5.30. The van der Waals surface area contributed by atoms with Crippen molar-refractivity contribution in [2.75, 3.05) is 13.1 Å². The van der Waals surface area contributed by atoms with E-state index >= 15 is 0 Å². The van der Waals surface area contributed by atoms with Crippen molar-refractivity contribution >= 4 is 5.91 Å². The van der Waals surface area contributed by atoms with Crippen molar-refractivity contribution in [3.63, 3.8) is 0 Å². The van der Waals surface area contributed by atoms with Crippen LogP contribution in [0.5, 0.6) is 0 Å². The minimum Gasteiger partial charge on any atom is -0.341 e. The molecular formula is C13H26N2O. The monoisotopic (exact) mass is 226 g/mol. The van der Waals surface area contributed by atoms with Crippen molar-refractivity contribution in [1.29, 1.82) is 0 Å². The number of nitrogens with zero attached hydrogens (tertiary/aromatic N) is 1. The number of hydrogen-bond acceptors (Lipinski definition) is 2. The van der Waals surface area contributed by atoms with Crippen LogP contribution in [0.3, 0.4) is 0 Å². The van der Waals surface area contributed by atoms with Crippen LogP contribution in [-0.4, -0.2) is 29.4 Å². The van der Waals surface area contributed by atoms with Gasteiger partial charge in [0.15, 0.2) is 0 Å². The summed E-state index contributed by atoms with van der Waals surface area (Å²) in [6, 6.07) is 0. The smallest absolute Gasteiger partial charge is 0.242 e. The van der Waals surface area contributed by atoms with E-state index in [1.54, 1.807) is 0 Å². The van der Waals surface area contributed by atoms with E-state index in [2.05, 4.69) is 13.8 Å². The van der Waals surface area contributed by atoms with Gasteiger partial charge < -0.3 is 10.6 Å². The highest BCUT2D eigenvalue weighted by Crippen LogP contribution is 2.22. The molecule has 0 aliphatic carbocycles. The fraction of sp³-hybridized carbons (Fsp3) is 0.923. The number of nitrogens with two attached hydrogens (primary N) is 1. The number of piperidine rings is 1. The van der Waals surface area contributed by atoms with Crippen LogP contribution in [0.2, 0.25) is 0 Å². The van der Waals surface area contributed by atoms with Gasteiger partial charge in [-0.15, -0.1) is 0 Å². The maximum atomic E-state index is 12.3. The van der Waals surface area contributed by atoms with Gasteiger partial charge in [0.05, 0.1) is 5.54 Å². The second-order valence-electron chi connectivity index (χ2n) is 5.34. The summed E-state index contributed by atoms with van der Waals surface area (Å²) in [5.41, 5.74) is 5.43. The lowest BCUT2D eigenvalue weighted by atomic mass is 9.91. The fourth-order valence-electron chi connectivity index (χ4n) is 2.57. The molecule has 1 amide bonds. The molecular weight excluding hydrogens is 200 g/mol. The Labute approximate surface area is 99.4 Å². The third-order valence-electron chi connectivity index (χ3n) is 3.64. The van der Waals surface area contributed by atoms with Crippen molar-refractivity contribution in [2.45, 2.75) is 58.4 Å². The van der Waals surface area contributed by atoms with Crippen LogP contribution >= 0.6 is 0 Å². The molecule has 16 heavy (non-hydrogen) atoms. The molecule has 0 spiro atoms. The van der Waals surface area contributed by atoms with E-state index in [0.29, 0.717) is 5.92 Å². The highest BCUT2D eigenvalue weighted by atomic mass is 16.2. The van der Waals surface area contributed by atoms with Gasteiger partial charge in [-0.05, 0) is 32.1 Å². The number of hydrogen-bond donors (Lipinski definition) is 1. The Bertz CT molecular complexity index is 238. The first-order valence-corrected chi connectivity index (χ1v) is 6.59. The molecule has 1 saturated heterocycles. The van der Waals surface area contributed by atoms with E-state index in [0.717, 1.165) is 32.4 Å². The van der Waals surface area contributed by atoms with Gasteiger partial charge in [-0.25, -0.2) is 0 Å². The molecule has 0 bridgehead atoms. The molecule has 1 aliphatic heterocycles. The van der Waals surface area contributed by atoms with Crippen LogP contribution < -0.4 is 5.73 Å². The largest absolute Gasteiger partial charge is 0.341 e. The number of amides is 1. The Kier molecular flexibility index (Phi) is 4.78. The first kappa shape index (κ1) is 13.5. The molecule has 1 rings (SSSR count). The number of carbonyl (C=O) groups excluding carboxylic acids is 1. The maximum absolute atomic E-state index is 12.3. The van der Waals surface area contributed by atoms with Crippen molar-refractivity contribution in [2.24, 2.45) is 11.7 Å². The predicted molar refractivity (Wildman–Crippen MR) is 67.1 cm³/mol. The van der Waals surface area contributed by atoms with Crippen molar-refractivity contribution in [3.05, 3.63) is 0 Å². The fourth-order valence-corrected chi connectivity index (χ4v) is 2.57. The summed E-state index contributed by atoms with van der Waals surface area (Å²) < 4.78 is 0. The summed E-state index contributed by atoms with van der Waals surface area (Å²) in [7, 11) is 0. The second kappa shape index (κ2) is 5.67. The molecule has 94 valence electrons. The lowest BCUT2D eigenvalue weighted by Crippen LogP contribution is -2.55. The molecule has 0 saturated carbocycles. The Morgan fingerprint density at radius 2 is 2.19 bits per heavy atom. The molecule has 1 fully saturated rings. The Balaban J connectivity index is 2.59. The zero-order valence-corrected chi connectivity index (χ0v) is 11.0. The predicted octanol–water partition coefficient (Wildman–Crippen LogP) is 2.15. The van der Waals surface area contributed by atoms with Crippen LogP contribution in [0.4, 0.5) is 0 Å². The van der Waals surface area contributed by atoms with Gasteiger partial charge in [-0.2, -0.15) is 0 Å². The van der Waals surface area contributed by atoms with Gasteiger partial charge in [0.25, 0.3) is 0 Å². The maximum Gasteiger partial charge on any atom is 0.242 e. The molecule has 0 radical (unpaired) electrons. The summed E-state index contributed by atoms with van der Waals surface area (Å²) in [4.78, 5) is 14.3. The van der Waals surface area contributed by atoms with Crippen LogP contribution in [0.25, 0.3) is 0 Å². The summed E-state index contributed by atoms with van der Waals surface area (Å²) in [5.74, 6) is 0.822. The van der Waals surface area contributed by atoms with Crippen LogP contribution in [0.1, 0.15) is 52.9 Å². The molecule has 3 heteroatoms. The van der Waals surface area contributed by atoms with Gasteiger partial charge in [-0.3, -0.25) is 4.79 Å². The number of rotatable bonds is 4. The molecule has 2 atom stereocenters. The standard InChI is InChI=1S/C13H26N2O/c1-4-8-13(3,14)12(16)15-9-6-7-11(5-2)10-15/h11H,4-10,14H2,1-3H3. The Hall–Kier alpha value is -0.570. The van der Waals surface area contributed by atoms with Crippen LogP contribution in [0.15, 0.2) is 0 Å². The minimum atomic E-state index is -0.662. The van der Waals surface area contributed by atoms with Crippen molar-refractivity contribution in [1.82, 2.24) is 4.90 Å². The highest BCUT2D eigenvalue weighted by Gasteiger charge is 2.33. The zero-order valence-electron chi connectivity index (χ0n) is 11.0. The van der Waals surface area contributed by atoms with E-state index in [-0.39, 0.29) is 5.91 Å². The van der Waals surface area contributed by atoms with E-state index < -0.39 is 5.54 Å². The third kappa shape index (κ3) is 3.21. The quantitative estimate of drug-likeness (QED) is 0.798. The van der Waals surface area contributed by atoms with Gasteiger partial charge in [0, 0.05) is 13.1 Å². The average Bonchev–Trinajstić information content (AvgIpc) is 2.28. The van der Waals surface area contributed by atoms with Gasteiger partial charge in [0.1, 0.15) is 0 Å². The normalized spacial score (nSPS) is 25.2. The molecule has 3 nitrogen and oxygen atoms in total. The van der Waals surface area contributed by atoms with Crippen LogP contribution in [-0.2, 0) is 4.79 Å². The number of likely N-dealkylation sites (tertiary alicyclic amines) is 1. The highest BCUT2D eigenvalue weighted by molar-refractivity contribution is 5.85. The second-order valence-corrected chi connectivity index (χ2v) is 5.34. The van der Waals surface area contributed by atoms with Crippen LogP contribution in [0, 0.1) is 5.92 Å². The van der Waals surface area contributed by atoms with Gasteiger partial charge >= 0.3 is 0 Å². The molecule has 0 aromatic heterocycles. The Morgan fingerprint density at radius 1 is 1.50 bits per heavy atom. The molecule has 0 aromatic rings. The molecule has 0 aromatic carbocycles. The third-order valence-corrected chi connectivity index (χ3v) is 3.64. The lowest BCUT2D eigenvalue weighted by Gasteiger charge is -2.37. The van der Waals surface area contributed by atoms with Gasteiger partial charge in [-0.1, -0.05) is 26.7 Å². The van der Waals surface area contributed by atoms with Crippen molar-refractivity contribution < 1.29 is 4.79 Å². The zero-order chi connectivity index (χ0) is 12.2. The average molecular weight is 226 g/mol. The first-order valence-electron chi connectivity index (χ1n) is 6.59. The van der Waals surface area contributed by atoms with Crippen molar-refractivity contribution in [3.8, 4) is 0 Å². The molecule has 1 heterocycles. The van der Waals surface area contributed by atoms with E-state index in [9.17, 15) is 4.79 Å². The summed E-state index contributed by atoms with van der Waals surface area (Å²) >= 11 is 0. The van der Waals surface area contributed by atoms with E-state index in [1.807, 2.05) is 11.8 Å². The Morgan fingerprint density at radius 3 is 2.75 bits per heavy atom. The number of carbonyl (C=O) groups is 1. The van der Waals surface area contributed by atoms with E-state index in [1.165, 1.54) is 12.8 Å². The topological polar surface area (TPSA) is 46.3 Å². The molecule has 2 N–H and O–H groups in total. The minimum absolute atomic E-state index is 0.146. The van der Waals surface area contributed by atoms with Gasteiger partial charge in [0.2, 0.25) is 5.91 Å². The lowest BCUT2D eigenvalue weighted by molar-refractivity contribution is -0.138.